The van der Waals surface area contributed by atoms with Crippen LogP contribution < -0.4 is 10.1 Å². The minimum Gasteiger partial charge on any atom is -0.464 e. The lowest BCUT2D eigenvalue weighted by atomic mass is 10.0. The van der Waals surface area contributed by atoms with E-state index in [0.29, 0.717) is 11.9 Å². The van der Waals surface area contributed by atoms with Crippen LogP contribution in [0, 0.1) is 0 Å². The number of fused-ring (bicyclic) bond motifs is 2. The zero-order valence-corrected chi connectivity index (χ0v) is 18.8. The standard InChI is InChI=1S/C25H27N3O3S/c29-24-6-3-11-28(24)18-9-12-27(13-10-18)15-17-16-30-22-14-19(7-8-20(17)22)31-25-26-21-4-1-2-5-23(21)32-25/h1-2,4-5,7-8,14,16,18,25-26H,3,6,9-13,15H2. The van der Waals surface area contributed by atoms with Crippen LogP contribution in [0.15, 0.2) is 58.0 Å². The molecule has 0 aliphatic carbocycles. The van der Waals surface area contributed by atoms with E-state index in [9.17, 15) is 4.79 Å². The third-order valence-corrected chi connectivity index (χ3v) is 7.80. The molecule has 0 spiro atoms. The normalized spacial score (nSPS) is 21.8. The molecule has 1 amide bonds. The fraction of sp³-hybridized carbons (Fsp3) is 0.400. The Balaban J connectivity index is 1.08. The molecule has 32 heavy (non-hydrogen) atoms. The van der Waals surface area contributed by atoms with Crippen molar-refractivity contribution in [3.63, 3.8) is 0 Å². The number of carbonyl (C=O) groups is 1. The maximum atomic E-state index is 12.0. The Morgan fingerprint density at radius 3 is 2.81 bits per heavy atom. The number of nitrogens with one attached hydrogen (secondary N) is 1. The lowest BCUT2D eigenvalue weighted by molar-refractivity contribution is -0.130. The molecule has 3 aliphatic rings. The Bertz CT molecular complexity index is 1110. The summed E-state index contributed by atoms with van der Waals surface area (Å²) >= 11 is 1.68. The molecule has 2 aromatic carbocycles. The second kappa shape index (κ2) is 8.37. The van der Waals surface area contributed by atoms with Gasteiger partial charge in [-0.05, 0) is 43.5 Å². The van der Waals surface area contributed by atoms with Gasteiger partial charge in [-0.3, -0.25) is 9.69 Å². The Morgan fingerprint density at radius 2 is 2.00 bits per heavy atom. The molecule has 1 N–H and O–H groups in total. The number of anilines is 1. The van der Waals surface area contributed by atoms with Gasteiger partial charge in [0.2, 0.25) is 11.5 Å². The van der Waals surface area contributed by atoms with Crippen LogP contribution in [0.5, 0.6) is 5.75 Å². The summed E-state index contributed by atoms with van der Waals surface area (Å²) in [4.78, 5) is 17.8. The van der Waals surface area contributed by atoms with Crippen molar-refractivity contribution in [2.24, 2.45) is 0 Å². The second-order valence-corrected chi connectivity index (χ2v) is 9.93. The average Bonchev–Trinajstić information content (AvgIpc) is 3.52. The van der Waals surface area contributed by atoms with Crippen LogP contribution in [-0.2, 0) is 11.3 Å². The van der Waals surface area contributed by atoms with Crippen LogP contribution in [0.3, 0.4) is 0 Å². The molecule has 7 heteroatoms. The van der Waals surface area contributed by atoms with E-state index < -0.39 is 0 Å². The van der Waals surface area contributed by atoms with E-state index in [1.54, 1.807) is 11.8 Å². The molecule has 4 heterocycles. The topological polar surface area (TPSA) is 58.0 Å². The molecular formula is C25H27N3O3S. The lowest BCUT2D eigenvalue weighted by Gasteiger charge is -2.36. The fourth-order valence-corrected chi connectivity index (χ4v) is 6.07. The van der Waals surface area contributed by atoms with Gasteiger partial charge in [0.05, 0.1) is 12.0 Å². The first kappa shape index (κ1) is 20.0. The third kappa shape index (κ3) is 3.84. The van der Waals surface area contributed by atoms with E-state index in [-0.39, 0.29) is 5.56 Å². The highest BCUT2D eigenvalue weighted by atomic mass is 32.2. The van der Waals surface area contributed by atoms with Gasteiger partial charge in [0.15, 0.2) is 0 Å². The van der Waals surface area contributed by atoms with Crippen molar-refractivity contribution in [3.05, 3.63) is 54.3 Å². The van der Waals surface area contributed by atoms with Gasteiger partial charge >= 0.3 is 0 Å². The number of thioether (sulfide) groups is 1. The predicted molar refractivity (Wildman–Crippen MR) is 126 cm³/mol. The summed E-state index contributed by atoms with van der Waals surface area (Å²) in [6.07, 6.45) is 5.76. The highest BCUT2D eigenvalue weighted by Gasteiger charge is 2.31. The van der Waals surface area contributed by atoms with Crippen molar-refractivity contribution in [3.8, 4) is 5.75 Å². The van der Waals surface area contributed by atoms with Gasteiger partial charge < -0.3 is 19.4 Å². The van der Waals surface area contributed by atoms with Gasteiger partial charge in [-0.15, -0.1) is 0 Å². The number of para-hydroxylation sites is 1. The number of likely N-dealkylation sites (tertiary alicyclic amines) is 2. The molecule has 1 aromatic heterocycles. The fourth-order valence-electron chi connectivity index (χ4n) is 5.08. The van der Waals surface area contributed by atoms with Crippen LogP contribution in [-0.4, -0.2) is 46.9 Å². The molecule has 0 bridgehead atoms. The first-order valence-electron chi connectivity index (χ1n) is 11.4. The van der Waals surface area contributed by atoms with Crippen LogP contribution in [0.25, 0.3) is 11.0 Å². The van der Waals surface area contributed by atoms with Gasteiger partial charge in [-0.1, -0.05) is 23.9 Å². The largest absolute Gasteiger partial charge is 0.464 e. The Morgan fingerprint density at radius 1 is 1.12 bits per heavy atom. The molecule has 0 saturated carbocycles. The van der Waals surface area contributed by atoms with Gasteiger partial charge in [-0.2, -0.15) is 0 Å². The molecule has 1 atom stereocenters. The number of hydrogen-bond donors (Lipinski definition) is 1. The number of ether oxygens (including phenoxy) is 1. The Kier molecular flexibility index (Phi) is 5.23. The number of carbonyl (C=O) groups excluding carboxylic acids is 1. The molecule has 3 aliphatic heterocycles. The average molecular weight is 450 g/mol. The summed E-state index contributed by atoms with van der Waals surface area (Å²) in [6.45, 7) is 3.87. The van der Waals surface area contributed by atoms with Crippen molar-refractivity contribution in [1.29, 1.82) is 0 Å². The van der Waals surface area contributed by atoms with Crippen LogP contribution in [0.2, 0.25) is 0 Å². The zero-order chi connectivity index (χ0) is 21.5. The zero-order valence-electron chi connectivity index (χ0n) is 18.0. The van der Waals surface area contributed by atoms with Crippen LogP contribution in [0.4, 0.5) is 5.69 Å². The first-order chi connectivity index (χ1) is 15.7. The minimum atomic E-state index is -0.136. The van der Waals surface area contributed by atoms with E-state index in [4.69, 9.17) is 9.15 Å². The van der Waals surface area contributed by atoms with Gasteiger partial charge in [0, 0.05) is 60.6 Å². The monoisotopic (exact) mass is 449 g/mol. The van der Waals surface area contributed by atoms with Crippen molar-refractivity contribution in [2.75, 3.05) is 25.0 Å². The molecule has 1 unspecified atom stereocenters. The van der Waals surface area contributed by atoms with Crippen molar-refractivity contribution < 1.29 is 13.9 Å². The van der Waals surface area contributed by atoms with Crippen LogP contribution in [0.1, 0.15) is 31.2 Å². The predicted octanol–water partition coefficient (Wildman–Crippen LogP) is 4.90. The quantitative estimate of drug-likeness (QED) is 0.598. The van der Waals surface area contributed by atoms with Gasteiger partial charge in [0.1, 0.15) is 11.3 Å². The molecule has 6 rings (SSSR count). The molecule has 166 valence electrons. The Labute approximate surface area is 191 Å². The van der Waals surface area contributed by atoms with Gasteiger partial charge in [-0.25, -0.2) is 0 Å². The molecular weight excluding hydrogens is 422 g/mol. The van der Waals surface area contributed by atoms with E-state index in [1.165, 1.54) is 10.5 Å². The third-order valence-electron chi connectivity index (χ3n) is 6.77. The molecule has 0 radical (unpaired) electrons. The second-order valence-electron chi connectivity index (χ2n) is 8.83. The lowest BCUT2D eigenvalue weighted by Crippen LogP contribution is -2.45. The summed E-state index contributed by atoms with van der Waals surface area (Å²) in [5.41, 5.74) is 3.04. The van der Waals surface area contributed by atoms with E-state index in [2.05, 4.69) is 33.3 Å². The molecule has 3 aromatic rings. The van der Waals surface area contributed by atoms with Crippen LogP contribution >= 0.6 is 11.8 Å². The highest BCUT2D eigenvalue weighted by molar-refractivity contribution is 8.00. The van der Waals surface area contributed by atoms with Crippen molar-refractivity contribution in [2.45, 2.75) is 48.7 Å². The number of benzene rings is 2. The maximum absolute atomic E-state index is 12.0. The molecule has 2 fully saturated rings. The SMILES string of the molecule is O=C1CCCN1C1CCN(Cc2coc3cc(OC4Nc5ccccc5S4)ccc23)CC1. The van der Waals surface area contributed by atoms with Gasteiger partial charge in [0.25, 0.3) is 0 Å². The summed E-state index contributed by atoms with van der Waals surface area (Å²) in [5, 5.41) is 4.54. The molecule has 2 saturated heterocycles. The molecule has 6 nitrogen and oxygen atoms in total. The Hall–Kier alpha value is -2.64. The minimum absolute atomic E-state index is 0.136. The number of furan rings is 1. The number of nitrogens with zero attached hydrogens (tertiary/aromatic N) is 2. The smallest absolute Gasteiger partial charge is 0.223 e. The first-order valence-corrected chi connectivity index (χ1v) is 12.3. The van der Waals surface area contributed by atoms with Crippen molar-refractivity contribution >= 4 is 34.3 Å². The van der Waals surface area contributed by atoms with Crippen molar-refractivity contribution in [1.82, 2.24) is 9.80 Å². The summed E-state index contributed by atoms with van der Waals surface area (Å²) < 4.78 is 12.0. The summed E-state index contributed by atoms with van der Waals surface area (Å²) in [7, 11) is 0. The number of rotatable bonds is 5. The van der Waals surface area contributed by atoms with E-state index >= 15 is 0 Å². The highest BCUT2D eigenvalue weighted by Crippen LogP contribution is 2.39. The van der Waals surface area contributed by atoms with E-state index in [1.807, 2.05) is 30.5 Å². The summed E-state index contributed by atoms with van der Waals surface area (Å²) in [6, 6.07) is 14.8. The number of piperidine rings is 1. The maximum Gasteiger partial charge on any atom is 0.223 e. The van der Waals surface area contributed by atoms with E-state index in [0.717, 1.165) is 74.3 Å². The number of hydrogen-bond acceptors (Lipinski definition) is 6. The summed E-state index contributed by atoms with van der Waals surface area (Å²) in [5.74, 6) is 1.14. The number of amides is 1.